The summed E-state index contributed by atoms with van der Waals surface area (Å²) in [6, 6.07) is 0. The van der Waals surface area contributed by atoms with E-state index in [-0.39, 0.29) is 18.0 Å². The van der Waals surface area contributed by atoms with Gasteiger partial charge in [0.05, 0.1) is 12.0 Å². The van der Waals surface area contributed by atoms with E-state index in [2.05, 4.69) is 6.92 Å². The van der Waals surface area contributed by atoms with E-state index in [1.807, 2.05) is 20.8 Å². The molecule has 0 aromatic rings. The van der Waals surface area contributed by atoms with Crippen molar-refractivity contribution in [2.45, 2.75) is 85.2 Å². The Morgan fingerprint density at radius 1 is 1.12 bits per heavy atom. The average Bonchev–Trinajstić information content (AvgIpc) is 2.65. The van der Waals surface area contributed by atoms with E-state index < -0.39 is 0 Å². The fourth-order valence-electron chi connectivity index (χ4n) is 2.25. The van der Waals surface area contributed by atoms with Crippen LogP contribution < -0.4 is 0 Å². The number of hydrogen-bond donors (Lipinski definition) is 0. The Balaban J connectivity index is 0.00000121. The molecule has 0 N–H and O–H groups in total. The van der Waals surface area contributed by atoms with Gasteiger partial charge >= 0.3 is 5.97 Å². The molecule has 0 amide bonds. The molecule has 2 atom stereocenters. The molecule has 0 aromatic carbocycles. The molecule has 17 heavy (non-hydrogen) atoms. The van der Waals surface area contributed by atoms with E-state index in [0.717, 1.165) is 12.8 Å². The lowest BCUT2D eigenvalue weighted by atomic mass is 9.97. The highest BCUT2D eigenvalue weighted by molar-refractivity contribution is 5.74. The fourth-order valence-corrected chi connectivity index (χ4v) is 2.25. The third-order valence-electron chi connectivity index (χ3n) is 3.17. The first-order valence-corrected chi connectivity index (χ1v) is 7.44. The summed E-state index contributed by atoms with van der Waals surface area (Å²) in [5, 5.41) is 0. The normalized spacial score (nSPS) is 22.9. The summed E-state index contributed by atoms with van der Waals surface area (Å²) in [4.78, 5) is 11.3. The maximum atomic E-state index is 11.3. The molecule has 0 bridgehead atoms. The van der Waals surface area contributed by atoms with E-state index in [0.29, 0.717) is 0 Å². The molecule has 102 valence electrons. The fraction of sp³-hybridized carbons (Fsp3) is 0.933. The van der Waals surface area contributed by atoms with Crippen LogP contribution in [-0.4, -0.2) is 12.1 Å². The number of hydrogen-bond acceptors (Lipinski definition) is 2. The van der Waals surface area contributed by atoms with E-state index in [9.17, 15) is 4.79 Å². The monoisotopic (exact) mass is 242 g/mol. The second kappa shape index (κ2) is 10.6. The number of carbonyl (C=O) groups is 1. The first kappa shape index (κ1) is 16.5. The van der Waals surface area contributed by atoms with Crippen molar-refractivity contribution in [2.24, 2.45) is 5.92 Å². The van der Waals surface area contributed by atoms with Crippen molar-refractivity contribution < 1.29 is 9.53 Å². The lowest BCUT2D eigenvalue weighted by Gasteiger charge is -2.04. The van der Waals surface area contributed by atoms with E-state index in [4.69, 9.17) is 4.74 Å². The lowest BCUT2D eigenvalue weighted by molar-refractivity contribution is -0.143. The zero-order valence-corrected chi connectivity index (χ0v) is 12.1. The molecule has 2 nitrogen and oxygen atoms in total. The van der Waals surface area contributed by atoms with Gasteiger partial charge in [0.25, 0.3) is 0 Å². The van der Waals surface area contributed by atoms with Crippen molar-refractivity contribution >= 4 is 5.97 Å². The Morgan fingerprint density at radius 3 is 2.24 bits per heavy atom. The maximum Gasteiger partial charge on any atom is 0.309 e. The summed E-state index contributed by atoms with van der Waals surface area (Å²) in [5.74, 6) is 0.238. The third-order valence-corrected chi connectivity index (χ3v) is 3.17. The van der Waals surface area contributed by atoms with Crippen LogP contribution >= 0.6 is 0 Å². The van der Waals surface area contributed by atoms with Crippen LogP contribution in [0.3, 0.4) is 0 Å². The zero-order chi connectivity index (χ0) is 13.1. The van der Waals surface area contributed by atoms with Crippen molar-refractivity contribution in [1.29, 1.82) is 0 Å². The summed E-state index contributed by atoms with van der Waals surface area (Å²) in [6.45, 7) is 8.22. The van der Waals surface area contributed by atoms with Gasteiger partial charge in [0.15, 0.2) is 0 Å². The smallest absolute Gasteiger partial charge is 0.309 e. The Morgan fingerprint density at radius 2 is 1.71 bits per heavy atom. The van der Waals surface area contributed by atoms with Crippen molar-refractivity contribution in [1.82, 2.24) is 0 Å². The third kappa shape index (κ3) is 7.40. The van der Waals surface area contributed by atoms with Gasteiger partial charge in [-0.25, -0.2) is 0 Å². The Labute approximate surface area is 107 Å². The molecule has 2 heteroatoms. The van der Waals surface area contributed by atoms with E-state index >= 15 is 0 Å². The molecule has 1 aliphatic rings. The van der Waals surface area contributed by atoms with Gasteiger partial charge in [0.2, 0.25) is 0 Å². The standard InChI is InChI=1S/C13H24O2.C2H6/c1-3-4-5-6-7-8-9-12-10-11(2)15-13(12)14;1-2/h11-12H,3-10H2,1-2H3;1-2H3. The Bertz CT molecular complexity index is 189. The van der Waals surface area contributed by atoms with Crippen LogP contribution in [0.4, 0.5) is 0 Å². The molecule has 1 heterocycles. The van der Waals surface area contributed by atoms with Crippen LogP contribution in [-0.2, 0) is 9.53 Å². The number of carbonyl (C=O) groups excluding carboxylic acids is 1. The highest BCUT2D eigenvalue weighted by atomic mass is 16.5. The van der Waals surface area contributed by atoms with Crippen LogP contribution in [0.1, 0.15) is 79.1 Å². The van der Waals surface area contributed by atoms with E-state index in [1.165, 1.54) is 38.5 Å². The molecular weight excluding hydrogens is 212 g/mol. The molecule has 0 aliphatic carbocycles. The average molecular weight is 242 g/mol. The molecule has 2 unspecified atom stereocenters. The summed E-state index contributed by atoms with van der Waals surface area (Å²) >= 11 is 0. The van der Waals surface area contributed by atoms with Crippen molar-refractivity contribution in [3.8, 4) is 0 Å². The van der Waals surface area contributed by atoms with Crippen LogP contribution in [0.15, 0.2) is 0 Å². The van der Waals surface area contributed by atoms with Crippen LogP contribution in [0.25, 0.3) is 0 Å². The van der Waals surface area contributed by atoms with E-state index in [1.54, 1.807) is 0 Å². The molecule has 1 rings (SSSR count). The number of ether oxygens (including phenoxy) is 1. The van der Waals surface area contributed by atoms with Crippen LogP contribution in [0, 0.1) is 5.92 Å². The van der Waals surface area contributed by atoms with Crippen molar-refractivity contribution in [3.05, 3.63) is 0 Å². The maximum absolute atomic E-state index is 11.3. The minimum Gasteiger partial charge on any atom is -0.462 e. The Kier molecular flexibility index (Phi) is 10.3. The molecule has 0 saturated carbocycles. The largest absolute Gasteiger partial charge is 0.462 e. The molecule has 0 spiro atoms. The van der Waals surface area contributed by atoms with Gasteiger partial charge in [-0.1, -0.05) is 59.3 Å². The molecule has 0 radical (unpaired) electrons. The van der Waals surface area contributed by atoms with Gasteiger partial charge in [0.1, 0.15) is 0 Å². The van der Waals surface area contributed by atoms with Gasteiger partial charge in [0, 0.05) is 0 Å². The summed E-state index contributed by atoms with van der Waals surface area (Å²) in [7, 11) is 0. The summed E-state index contributed by atoms with van der Waals surface area (Å²) < 4.78 is 5.13. The zero-order valence-electron chi connectivity index (χ0n) is 12.1. The number of unbranched alkanes of at least 4 members (excludes halogenated alkanes) is 5. The molecule has 1 aliphatic heterocycles. The van der Waals surface area contributed by atoms with Gasteiger partial charge in [-0.3, -0.25) is 4.79 Å². The first-order valence-electron chi connectivity index (χ1n) is 7.44. The van der Waals surface area contributed by atoms with Crippen molar-refractivity contribution in [2.75, 3.05) is 0 Å². The predicted octanol–water partition coefficient (Wildman–Crippen LogP) is 4.71. The first-order chi connectivity index (χ1) is 8.24. The number of esters is 1. The molecular formula is C15H30O2. The lowest BCUT2D eigenvalue weighted by Crippen LogP contribution is -2.07. The topological polar surface area (TPSA) is 26.3 Å². The highest BCUT2D eigenvalue weighted by Crippen LogP contribution is 2.25. The minimum atomic E-state index is 0.0380. The van der Waals surface area contributed by atoms with Gasteiger partial charge in [-0.15, -0.1) is 0 Å². The predicted molar refractivity (Wildman–Crippen MR) is 73.0 cm³/mol. The quantitative estimate of drug-likeness (QED) is 0.477. The second-order valence-corrected chi connectivity index (χ2v) is 4.74. The number of cyclic esters (lactones) is 1. The molecule has 0 aromatic heterocycles. The highest BCUT2D eigenvalue weighted by Gasteiger charge is 2.30. The Hall–Kier alpha value is -0.530. The van der Waals surface area contributed by atoms with Crippen molar-refractivity contribution in [3.63, 3.8) is 0 Å². The second-order valence-electron chi connectivity index (χ2n) is 4.74. The SMILES string of the molecule is CC.CCCCCCCCC1CC(C)OC1=O. The summed E-state index contributed by atoms with van der Waals surface area (Å²) in [5.41, 5.74) is 0. The van der Waals surface area contributed by atoms with Gasteiger partial charge in [-0.05, 0) is 19.8 Å². The van der Waals surface area contributed by atoms with Crippen LogP contribution in [0.5, 0.6) is 0 Å². The van der Waals surface area contributed by atoms with Crippen LogP contribution in [0.2, 0.25) is 0 Å². The van der Waals surface area contributed by atoms with Gasteiger partial charge in [-0.2, -0.15) is 0 Å². The van der Waals surface area contributed by atoms with Gasteiger partial charge < -0.3 is 4.74 Å². The number of rotatable bonds is 7. The summed E-state index contributed by atoms with van der Waals surface area (Å²) in [6.07, 6.45) is 9.92. The molecule has 1 fully saturated rings. The molecule has 1 saturated heterocycles. The minimum absolute atomic E-state index is 0.0380.